The second-order valence-electron chi connectivity index (χ2n) is 5.79. The number of rotatable bonds is 3. The first kappa shape index (κ1) is 14.0. The molecule has 0 fully saturated rings. The van der Waals surface area contributed by atoms with Gasteiger partial charge in [0.15, 0.2) is 5.75 Å². The van der Waals surface area contributed by atoms with Crippen LogP contribution in [0.1, 0.15) is 33.5 Å². The smallest absolute Gasteiger partial charge is 0.250 e. The summed E-state index contributed by atoms with van der Waals surface area (Å²) in [5, 5.41) is 0.0723. The van der Waals surface area contributed by atoms with Gasteiger partial charge in [-0.05, 0) is 18.1 Å². The SMILES string of the molecule is CCc1cc(=O)c(O[Si](C)(C)C(C)(C)C)co1. The zero-order valence-corrected chi connectivity index (χ0v) is 12.6. The minimum Gasteiger partial charge on any atom is -0.539 e. The molecule has 0 aromatic carbocycles. The largest absolute Gasteiger partial charge is 0.539 e. The maximum Gasteiger partial charge on any atom is 0.250 e. The van der Waals surface area contributed by atoms with E-state index in [4.69, 9.17) is 8.84 Å². The van der Waals surface area contributed by atoms with Crippen molar-refractivity contribution in [3.05, 3.63) is 28.3 Å². The second kappa shape index (κ2) is 4.68. The van der Waals surface area contributed by atoms with E-state index in [-0.39, 0.29) is 10.5 Å². The van der Waals surface area contributed by atoms with Crippen molar-refractivity contribution >= 4 is 8.32 Å². The van der Waals surface area contributed by atoms with Crippen LogP contribution in [0.25, 0.3) is 0 Å². The average Bonchev–Trinajstić information content (AvgIpc) is 2.19. The molecule has 4 heteroatoms. The van der Waals surface area contributed by atoms with Gasteiger partial charge in [0.2, 0.25) is 5.43 Å². The van der Waals surface area contributed by atoms with E-state index >= 15 is 0 Å². The molecule has 17 heavy (non-hydrogen) atoms. The normalized spacial score (nSPS) is 12.6. The summed E-state index contributed by atoms with van der Waals surface area (Å²) in [5.74, 6) is 1.03. The number of hydrogen-bond acceptors (Lipinski definition) is 3. The summed E-state index contributed by atoms with van der Waals surface area (Å²) in [7, 11) is -1.96. The highest BCUT2D eigenvalue weighted by Crippen LogP contribution is 2.36. The molecule has 1 heterocycles. The van der Waals surface area contributed by atoms with E-state index in [1.165, 1.54) is 12.3 Å². The molecular formula is C13H22O3Si. The topological polar surface area (TPSA) is 39.4 Å². The summed E-state index contributed by atoms with van der Waals surface area (Å²) in [5.41, 5.74) is -0.0853. The molecular weight excluding hydrogens is 232 g/mol. The standard InChI is InChI=1S/C13H22O3Si/c1-7-10-8-11(14)12(9-15-10)16-17(5,6)13(2,3)4/h8-9H,7H2,1-6H3. The van der Waals surface area contributed by atoms with Gasteiger partial charge in [0, 0.05) is 12.5 Å². The third-order valence-electron chi connectivity index (χ3n) is 3.37. The Morgan fingerprint density at radius 3 is 2.35 bits per heavy atom. The van der Waals surface area contributed by atoms with Crippen molar-refractivity contribution in [2.24, 2.45) is 0 Å². The van der Waals surface area contributed by atoms with Crippen LogP contribution < -0.4 is 9.85 Å². The maximum atomic E-state index is 11.8. The summed E-state index contributed by atoms with van der Waals surface area (Å²) >= 11 is 0. The summed E-state index contributed by atoms with van der Waals surface area (Å²) in [6.45, 7) is 12.6. The molecule has 0 saturated carbocycles. The summed E-state index contributed by atoms with van der Waals surface area (Å²) in [6.07, 6.45) is 2.16. The van der Waals surface area contributed by atoms with Crippen molar-refractivity contribution in [3.63, 3.8) is 0 Å². The Morgan fingerprint density at radius 1 is 1.35 bits per heavy atom. The molecule has 1 rings (SSSR count). The van der Waals surface area contributed by atoms with E-state index in [1.807, 2.05) is 6.92 Å². The van der Waals surface area contributed by atoms with Crippen LogP contribution in [0.4, 0.5) is 0 Å². The van der Waals surface area contributed by atoms with Gasteiger partial charge >= 0.3 is 0 Å². The summed E-state index contributed by atoms with van der Waals surface area (Å²) < 4.78 is 11.3. The molecule has 0 radical (unpaired) electrons. The second-order valence-corrected chi connectivity index (χ2v) is 10.5. The van der Waals surface area contributed by atoms with Gasteiger partial charge in [0.05, 0.1) is 0 Å². The number of hydrogen-bond donors (Lipinski definition) is 0. The third-order valence-corrected chi connectivity index (χ3v) is 7.71. The molecule has 0 N–H and O–H groups in total. The van der Waals surface area contributed by atoms with Crippen LogP contribution >= 0.6 is 0 Å². The van der Waals surface area contributed by atoms with Crippen LogP contribution in [-0.2, 0) is 6.42 Å². The minimum atomic E-state index is -1.96. The highest BCUT2D eigenvalue weighted by Gasteiger charge is 2.39. The lowest BCUT2D eigenvalue weighted by Crippen LogP contribution is -2.44. The van der Waals surface area contributed by atoms with Crippen molar-refractivity contribution in [2.75, 3.05) is 0 Å². The van der Waals surface area contributed by atoms with E-state index in [1.54, 1.807) is 0 Å². The first-order valence-electron chi connectivity index (χ1n) is 5.98. The Bertz CT molecular complexity index is 441. The molecule has 1 aromatic heterocycles. The fourth-order valence-electron chi connectivity index (χ4n) is 1.13. The van der Waals surface area contributed by atoms with Crippen molar-refractivity contribution in [1.82, 2.24) is 0 Å². The van der Waals surface area contributed by atoms with Crippen LogP contribution in [0.15, 0.2) is 21.5 Å². The molecule has 96 valence electrons. The Labute approximate surface area is 104 Å². The molecule has 0 saturated heterocycles. The average molecular weight is 254 g/mol. The highest BCUT2D eigenvalue weighted by atomic mass is 28.4. The quantitative estimate of drug-likeness (QED) is 0.774. The monoisotopic (exact) mass is 254 g/mol. The van der Waals surface area contributed by atoms with Crippen LogP contribution in [0.5, 0.6) is 5.75 Å². The Hall–Kier alpha value is -1.03. The van der Waals surface area contributed by atoms with Gasteiger partial charge in [-0.1, -0.05) is 27.7 Å². The van der Waals surface area contributed by atoms with E-state index < -0.39 is 8.32 Å². The van der Waals surface area contributed by atoms with Gasteiger partial charge in [-0.15, -0.1) is 0 Å². The highest BCUT2D eigenvalue weighted by molar-refractivity contribution is 6.74. The fraction of sp³-hybridized carbons (Fsp3) is 0.615. The zero-order chi connectivity index (χ0) is 13.3. The van der Waals surface area contributed by atoms with Gasteiger partial charge in [0.1, 0.15) is 12.0 Å². The van der Waals surface area contributed by atoms with Gasteiger partial charge in [-0.25, -0.2) is 0 Å². The van der Waals surface area contributed by atoms with Crippen molar-refractivity contribution in [3.8, 4) is 5.75 Å². The van der Waals surface area contributed by atoms with Gasteiger partial charge in [-0.3, -0.25) is 4.79 Å². The molecule has 0 unspecified atom stereocenters. The molecule has 0 aliphatic heterocycles. The molecule has 1 aromatic rings. The Kier molecular flexibility index (Phi) is 3.87. The molecule has 0 bridgehead atoms. The zero-order valence-electron chi connectivity index (χ0n) is 11.6. The molecule has 0 aliphatic carbocycles. The van der Waals surface area contributed by atoms with Gasteiger partial charge < -0.3 is 8.84 Å². The maximum absolute atomic E-state index is 11.8. The van der Waals surface area contributed by atoms with Crippen molar-refractivity contribution in [2.45, 2.75) is 52.2 Å². The Balaban J connectivity index is 3.01. The molecule has 0 aliphatic rings. The molecule has 0 amide bonds. The summed E-state index contributed by atoms with van der Waals surface area (Å²) in [6, 6.07) is 1.52. The van der Waals surface area contributed by atoms with Crippen LogP contribution in [0.3, 0.4) is 0 Å². The molecule has 0 spiro atoms. The van der Waals surface area contributed by atoms with E-state index in [9.17, 15) is 4.79 Å². The first-order chi connectivity index (χ1) is 7.67. The third kappa shape index (κ3) is 3.22. The predicted octanol–water partition coefficient (Wildman–Crippen LogP) is 3.59. The van der Waals surface area contributed by atoms with E-state index in [0.717, 1.165) is 6.42 Å². The minimum absolute atomic E-state index is 0.0723. The predicted molar refractivity (Wildman–Crippen MR) is 72.2 cm³/mol. The van der Waals surface area contributed by atoms with Crippen LogP contribution in [0, 0.1) is 0 Å². The van der Waals surface area contributed by atoms with E-state index in [2.05, 4.69) is 33.9 Å². The molecule has 0 atom stereocenters. The van der Waals surface area contributed by atoms with Crippen LogP contribution in [-0.4, -0.2) is 8.32 Å². The fourth-order valence-corrected chi connectivity index (χ4v) is 2.13. The lowest BCUT2D eigenvalue weighted by molar-refractivity contribution is 0.435. The van der Waals surface area contributed by atoms with Gasteiger partial charge in [0.25, 0.3) is 8.32 Å². The molecule has 3 nitrogen and oxygen atoms in total. The van der Waals surface area contributed by atoms with Crippen molar-refractivity contribution in [1.29, 1.82) is 0 Å². The lowest BCUT2D eigenvalue weighted by Gasteiger charge is -2.35. The van der Waals surface area contributed by atoms with Gasteiger partial charge in [-0.2, -0.15) is 0 Å². The van der Waals surface area contributed by atoms with Crippen LogP contribution in [0.2, 0.25) is 18.1 Å². The first-order valence-corrected chi connectivity index (χ1v) is 8.89. The van der Waals surface area contributed by atoms with E-state index in [0.29, 0.717) is 11.5 Å². The summed E-state index contributed by atoms with van der Waals surface area (Å²) in [4.78, 5) is 11.8. The number of aryl methyl sites for hydroxylation is 1. The van der Waals surface area contributed by atoms with Crippen molar-refractivity contribution < 1.29 is 8.84 Å². The lowest BCUT2D eigenvalue weighted by atomic mass is 10.2. The Morgan fingerprint density at radius 2 is 1.94 bits per heavy atom.